The standard InChI is InChI=1S/C30H27N3O5/c1-30(2,3)28-13-19(33-38-28)12-20(34)11-17-7-9-18(10-8-17)31-29(37)22-5-4-6-25-23(22)16-24-26(32-25)14-21(35)15-27(24)36/h4-10,13-16,35-36H,11-12H2,1-3H3,(H,31,37). The van der Waals surface area contributed by atoms with Gasteiger partial charge in [0.25, 0.3) is 5.91 Å². The molecule has 5 aromatic rings. The minimum absolute atomic E-state index is 0.0163. The maximum absolute atomic E-state index is 13.1. The number of nitrogens with zero attached hydrogens (tertiary/aromatic N) is 2. The van der Waals surface area contributed by atoms with Crippen molar-refractivity contribution in [2.24, 2.45) is 0 Å². The fourth-order valence-corrected chi connectivity index (χ4v) is 4.27. The summed E-state index contributed by atoms with van der Waals surface area (Å²) in [7, 11) is 0. The number of anilines is 1. The van der Waals surface area contributed by atoms with E-state index in [2.05, 4.69) is 15.5 Å². The second-order valence-corrected chi connectivity index (χ2v) is 10.4. The van der Waals surface area contributed by atoms with Crippen molar-refractivity contribution in [3.63, 3.8) is 0 Å². The summed E-state index contributed by atoms with van der Waals surface area (Å²) in [6.07, 6.45) is 0.435. The number of carbonyl (C=O) groups excluding carboxylic acids is 2. The second kappa shape index (κ2) is 9.63. The molecule has 0 fully saturated rings. The molecular formula is C30H27N3O5. The highest BCUT2D eigenvalue weighted by Gasteiger charge is 2.20. The molecule has 0 bridgehead atoms. The van der Waals surface area contributed by atoms with Crippen molar-refractivity contribution in [2.45, 2.75) is 39.0 Å². The Bertz CT molecular complexity index is 1680. The normalized spacial score (nSPS) is 11.7. The Morgan fingerprint density at radius 2 is 1.66 bits per heavy atom. The number of ketones is 1. The van der Waals surface area contributed by atoms with Gasteiger partial charge in [-0.2, -0.15) is 0 Å². The third kappa shape index (κ3) is 5.20. The Morgan fingerprint density at radius 3 is 2.37 bits per heavy atom. The van der Waals surface area contributed by atoms with Crippen molar-refractivity contribution in [3.8, 4) is 11.5 Å². The molecule has 192 valence electrons. The van der Waals surface area contributed by atoms with Crippen LogP contribution in [0.5, 0.6) is 11.5 Å². The predicted molar refractivity (Wildman–Crippen MR) is 145 cm³/mol. The van der Waals surface area contributed by atoms with Crippen LogP contribution in [0.25, 0.3) is 21.8 Å². The van der Waals surface area contributed by atoms with Gasteiger partial charge in [-0.15, -0.1) is 0 Å². The molecular weight excluding hydrogens is 482 g/mol. The summed E-state index contributed by atoms with van der Waals surface area (Å²) < 4.78 is 5.36. The molecule has 3 aromatic carbocycles. The van der Waals surface area contributed by atoms with Gasteiger partial charge in [-0.1, -0.05) is 44.1 Å². The van der Waals surface area contributed by atoms with Gasteiger partial charge in [-0.05, 0) is 35.9 Å². The molecule has 8 heteroatoms. The summed E-state index contributed by atoms with van der Waals surface area (Å²) in [6, 6.07) is 18.5. The summed E-state index contributed by atoms with van der Waals surface area (Å²) in [5, 5.41) is 27.9. The Labute approximate surface area is 218 Å². The highest BCUT2D eigenvalue weighted by Crippen LogP contribution is 2.32. The molecule has 2 aromatic heterocycles. The van der Waals surface area contributed by atoms with Crippen LogP contribution in [0.3, 0.4) is 0 Å². The van der Waals surface area contributed by atoms with Crippen molar-refractivity contribution < 1.29 is 24.3 Å². The minimum atomic E-state index is -0.334. The van der Waals surface area contributed by atoms with Gasteiger partial charge in [0.2, 0.25) is 0 Å². The Hall–Kier alpha value is -4.72. The third-order valence-corrected chi connectivity index (χ3v) is 6.27. The number of aromatic nitrogens is 2. The van der Waals surface area contributed by atoms with E-state index in [-0.39, 0.29) is 41.4 Å². The average molecular weight is 510 g/mol. The Morgan fingerprint density at radius 1 is 0.895 bits per heavy atom. The van der Waals surface area contributed by atoms with Gasteiger partial charge in [-0.25, -0.2) is 4.98 Å². The molecule has 0 aliphatic heterocycles. The number of pyridine rings is 1. The van der Waals surface area contributed by atoms with Crippen LogP contribution in [0.2, 0.25) is 0 Å². The fraction of sp³-hybridized carbons (Fsp3) is 0.200. The molecule has 1 amide bonds. The van der Waals surface area contributed by atoms with E-state index in [0.717, 1.165) is 11.3 Å². The smallest absolute Gasteiger partial charge is 0.256 e. The van der Waals surface area contributed by atoms with E-state index in [4.69, 9.17) is 4.52 Å². The molecule has 0 radical (unpaired) electrons. The summed E-state index contributed by atoms with van der Waals surface area (Å²) >= 11 is 0. The molecule has 0 aliphatic carbocycles. The fourth-order valence-electron chi connectivity index (χ4n) is 4.27. The number of phenols is 2. The van der Waals surface area contributed by atoms with Crippen LogP contribution in [0.1, 0.15) is 48.1 Å². The van der Waals surface area contributed by atoms with Crippen LogP contribution in [0.4, 0.5) is 5.69 Å². The summed E-state index contributed by atoms with van der Waals surface area (Å²) in [5.74, 6) is 0.218. The number of benzene rings is 3. The maximum Gasteiger partial charge on any atom is 0.256 e. The lowest BCUT2D eigenvalue weighted by Crippen LogP contribution is -2.13. The summed E-state index contributed by atoms with van der Waals surface area (Å²) in [4.78, 5) is 30.2. The maximum atomic E-state index is 13.1. The molecule has 38 heavy (non-hydrogen) atoms. The highest BCUT2D eigenvalue weighted by atomic mass is 16.5. The van der Waals surface area contributed by atoms with E-state index in [1.807, 2.05) is 26.8 Å². The van der Waals surface area contributed by atoms with Gasteiger partial charge in [-0.3, -0.25) is 9.59 Å². The van der Waals surface area contributed by atoms with Gasteiger partial charge in [0.05, 0.1) is 23.1 Å². The van der Waals surface area contributed by atoms with E-state index in [1.54, 1.807) is 48.5 Å². The zero-order valence-corrected chi connectivity index (χ0v) is 21.3. The van der Waals surface area contributed by atoms with Crippen LogP contribution in [-0.2, 0) is 23.1 Å². The van der Waals surface area contributed by atoms with Gasteiger partial charge in [0, 0.05) is 52.1 Å². The van der Waals surface area contributed by atoms with Gasteiger partial charge < -0.3 is 20.1 Å². The number of hydrogen-bond donors (Lipinski definition) is 3. The molecule has 8 nitrogen and oxygen atoms in total. The van der Waals surface area contributed by atoms with Crippen molar-refractivity contribution in [1.29, 1.82) is 0 Å². The molecule has 0 saturated heterocycles. The van der Waals surface area contributed by atoms with Crippen molar-refractivity contribution in [1.82, 2.24) is 10.1 Å². The number of phenolic OH excluding ortho intramolecular Hbond substituents is 2. The number of Topliss-reactive ketones (excluding diaryl/α,β-unsaturated/α-hetero) is 1. The number of hydrogen-bond acceptors (Lipinski definition) is 7. The minimum Gasteiger partial charge on any atom is -0.508 e. The topological polar surface area (TPSA) is 126 Å². The van der Waals surface area contributed by atoms with E-state index < -0.39 is 0 Å². The van der Waals surface area contributed by atoms with Gasteiger partial charge in [0.15, 0.2) is 0 Å². The highest BCUT2D eigenvalue weighted by molar-refractivity contribution is 6.14. The monoisotopic (exact) mass is 509 g/mol. The SMILES string of the molecule is CC(C)(C)c1cc(CC(=O)Cc2ccc(NC(=O)c3cccc4nc5cc(O)cc(O)c5cc34)cc2)no1. The first-order valence-electron chi connectivity index (χ1n) is 12.2. The number of amides is 1. The van der Waals surface area contributed by atoms with Crippen LogP contribution in [0.15, 0.2) is 71.3 Å². The molecule has 0 unspecified atom stereocenters. The second-order valence-electron chi connectivity index (χ2n) is 10.4. The molecule has 0 atom stereocenters. The van der Waals surface area contributed by atoms with E-state index in [9.17, 15) is 19.8 Å². The predicted octanol–water partition coefficient (Wildman–Crippen LogP) is 5.69. The quantitative estimate of drug-likeness (QED) is 0.251. The summed E-state index contributed by atoms with van der Waals surface area (Å²) in [6.45, 7) is 6.07. The number of fused-ring (bicyclic) bond motifs is 2. The van der Waals surface area contributed by atoms with E-state index in [1.165, 1.54) is 12.1 Å². The first-order valence-corrected chi connectivity index (χ1v) is 12.2. The van der Waals surface area contributed by atoms with E-state index in [0.29, 0.717) is 38.8 Å². The van der Waals surface area contributed by atoms with Crippen LogP contribution < -0.4 is 5.32 Å². The van der Waals surface area contributed by atoms with Crippen molar-refractivity contribution >= 4 is 39.2 Å². The van der Waals surface area contributed by atoms with E-state index >= 15 is 0 Å². The van der Waals surface area contributed by atoms with Crippen molar-refractivity contribution in [2.75, 3.05) is 5.32 Å². The number of rotatable bonds is 6. The zero-order chi connectivity index (χ0) is 27.0. The molecule has 0 spiro atoms. The lowest BCUT2D eigenvalue weighted by atomic mass is 9.93. The Kier molecular flexibility index (Phi) is 6.32. The summed E-state index contributed by atoms with van der Waals surface area (Å²) in [5.41, 5.74) is 3.23. The molecule has 0 saturated carbocycles. The third-order valence-electron chi connectivity index (χ3n) is 6.27. The largest absolute Gasteiger partial charge is 0.508 e. The number of aromatic hydroxyl groups is 2. The number of carbonyl (C=O) groups is 2. The molecule has 0 aliphatic rings. The zero-order valence-electron chi connectivity index (χ0n) is 21.3. The lowest BCUT2D eigenvalue weighted by Gasteiger charge is -2.12. The molecule has 3 N–H and O–H groups in total. The van der Waals surface area contributed by atoms with Crippen molar-refractivity contribution in [3.05, 3.63) is 89.3 Å². The first-order chi connectivity index (χ1) is 18.1. The Balaban J connectivity index is 1.29. The average Bonchev–Trinajstić information content (AvgIpc) is 3.33. The van der Waals surface area contributed by atoms with Gasteiger partial charge in [0.1, 0.15) is 23.0 Å². The molecule has 2 heterocycles. The first kappa shape index (κ1) is 25.0. The van der Waals surface area contributed by atoms with Crippen LogP contribution >= 0.6 is 0 Å². The van der Waals surface area contributed by atoms with Crippen LogP contribution in [-0.4, -0.2) is 32.0 Å². The van der Waals surface area contributed by atoms with Gasteiger partial charge >= 0.3 is 0 Å². The lowest BCUT2D eigenvalue weighted by molar-refractivity contribution is -0.117. The number of nitrogens with one attached hydrogen (secondary N) is 1. The molecule has 5 rings (SSSR count). The van der Waals surface area contributed by atoms with Crippen LogP contribution in [0, 0.1) is 0 Å².